The van der Waals surface area contributed by atoms with E-state index in [2.05, 4.69) is 5.32 Å². The highest BCUT2D eigenvalue weighted by Gasteiger charge is 2.36. The van der Waals surface area contributed by atoms with Crippen molar-refractivity contribution in [2.45, 2.75) is 25.3 Å². The van der Waals surface area contributed by atoms with Gasteiger partial charge in [0, 0.05) is 31.2 Å². The van der Waals surface area contributed by atoms with Crippen molar-refractivity contribution >= 4 is 17.7 Å². The predicted octanol–water partition coefficient (Wildman–Crippen LogP) is 2.35. The number of hydrogen-bond donors (Lipinski definition) is 1. The van der Waals surface area contributed by atoms with Crippen molar-refractivity contribution in [1.29, 1.82) is 0 Å². The Kier molecular flexibility index (Phi) is 5.45. The van der Waals surface area contributed by atoms with Crippen LogP contribution in [0.5, 0.6) is 0 Å². The van der Waals surface area contributed by atoms with Gasteiger partial charge in [0.1, 0.15) is 0 Å². The maximum Gasteiger partial charge on any atom is 0.261 e. The van der Waals surface area contributed by atoms with E-state index in [9.17, 15) is 14.4 Å². The van der Waals surface area contributed by atoms with Crippen molar-refractivity contribution in [2.75, 3.05) is 26.7 Å². The van der Waals surface area contributed by atoms with Crippen LogP contribution in [-0.4, -0.2) is 60.2 Å². The fourth-order valence-corrected chi connectivity index (χ4v) is 4.09. The molecule has 1 atom stereocenters. The van der Waals surface area contributed by atoms with E-state index in [4.69, 9.17) is 0 Å². The highest BCUT2D eigenvalue weighted by molar-refractivity contribution is 6.22. The third kappa shape index (κ3) is 3.80. The zero-order chi connectivity index (χ0) is 20.4. The molecule has 1 saturated heterocycles. The van der Waals surface area contributed by atoms with Crippen molar-refractivity contribution < 1.29 is 14.4 Å². The molecule has 2 aromatic rings. The number of imide groups is 1. The van der Waals surface area contributed by atoms with Gasteiger partial charge in [-0.1, -0.05) is 30.3 Å². The third-order valence-corrected chi connectivity index (χ3v) is 5.80. The Labute approximate surface area is 170 Å². The Morgan fingerprint density at radius 2 is 1.83 bits per heavy atom. The number of rotatable bonds is 5. The molecule has 29 heavy (non-hydrogen) atoms. The molecule has 2 aromatic carbocycles. The second kappa shape index (κ2) is 8.17. The second-order valence-electron chi connectivity index (χ2n) is 7.64. The van der Waals surface area contributed by atoms with Crippen molar-refractivity contribution in [3.63, 3.8) is 0 Å². The van der Waals surface area contributed by atoms with Crippen LogP contribution in [0.2, 0.25) is 0 Å². The topological polar surface area (TPSA) is 69.7 Å². The third-order valence-electron chi connectivity index (χ3n) is 5.80. The lowest BCUT2D eigenvalue weighted by molar-refractivity contribution is 0.0655. The van der Waals surface area contributed by atoms with Gasteiger partial charge in [-0.3, -0.25) is 19.3 Å². The van der Waals surface area contributed by atoms with E-state index in [1.54, 1.807) is 18.2 Å². The molecule has 1 fully saturated rings. The van der Waals surface area contributed by atoms with Crippen LogP contribution in [0.4, 0.5) is 0 Å². The van der Waals surface area contributed by atoms with E-state index < -0.39 is 0 Å². The van der Waals surface area contributed by atoms with Crippen molar-refractivity contribution in [3.8, 4) is 0 Å². The average molecular weight is 391 g/mol. The molecule has 2 heterocycles. The van der Waals surface area contributed by atoms with E-state index in [1.165, 1.54) is 4.90 Å². The number of nitrogens with one attached hydrogen (secondary N) is 1. The summed E-state index contributed by atoms with van der Waals surface area (Å²) in [4.78, 5) is 41.6. The van der Waals surface area contributed by atoms with Crippen LogP contribution < -0.4 is 5.32 Å². The van der Waals surface area contributed by atoms with Crippen LogP contribution in [0.1, 0.15) is 49.5 Å². The summed E-state index contributed by atoms with van der Waals surface area (Å²) in [5.74, 6) is -0.689. The normalized spacial score (nSPS) is 18.9. The van der Waals surface area contributed by atoms with E-state index in [0.29, 0.717) is 48.8 Å². The van der Waals surface area contributed by atoms with Crippen LogP contribution in [0, 0.1) is 0 Å². The minimum absolute atomic E-state index is 0.0873. The molecule has 1 unspecified atom stereocenters. The summed E-state index contributed by atoms with van der Waals surface area (Å²) in [6.07, 6.45) is 2.61. The van der Waals surface area contributed by atoms with Gasteiger partial charge in [0.05, 0.1) is 11.1 Å². The van der Waals surface area contributed by atoms with Crippen molar-refractivity contribution in [3.05, 3.63) is 70.8 Å². The van der Waals surface area contributed by atoms with E-state index in [1.807, 2.05) is 42.3 Å². The average Bonchev–Trinajstić information content (AvgIpc) is 3.01. The summed E-state index contributed by atoms with van der Waals surface area (Å²) in [6, 6.07) is 14.9. The first-order valence-electron chi connectivity index (χ1n) is 10.1. The quantitative estimate of drug-likeness (QED) is 0.795. The summed E-state index contributed by atoms with van der Waals surface area (Å²) in [5, 5.41) is 3.23. The lowest BCUT2D eigenvalue weighted by Crippen LogP contribution is -2.47. The number of hydrogen-bond acceptors (Lipinski definition) is 4. The van der Waals surface area contributed by atoms with Crippen molar-refractivity contribution in [1.82, 2.24) is 15.1 Å². The highest BCUT2D eigenvalue weighted by atomic mass is 16.2. The molecule has 6 nitrogen and oxygen atoms in total. The van der Waals surface area contributed by atoms with Crippen LogP contribution in [0.3, 0.4) is 0 Å². The van der Waals surface area contributed by atoms with Crippen molar-refractivity contribution in [2.24, 2.45) is 0 Å². The lowest BCUT2D eigenvalue weighted by Gasteiger charge is -2.32. The Bertz CT molecular complexity index is 942. The first kappa shape index (κ1) is 19.3. The molecule has 0 radical (unpaired) electrons. The number of carbonyl (C=O) groups is 3. The monoisotopic (exact) mass is 391 g/mol. The Balaban J connectivity index is 1.50. The number of likely N-dealkylation sites (tertiary alicyclic amines) is 1. The van der Waals surface area contributed by atoms with Gasteiger partial charge in [0.15, 0.2) is 0 Å². The molecule has 6 heteroatoms. The summed E-state index contributed by atoms with van der Waals surface area (Å²) in [5.41, 5.74) is 2.25. The van der Waals surface area contributed by atoms with Gasteiger partial charge in [-0.2, -0.15) is 0 Å². The molecule has 0 bridgehead atoms. The molecule has 0 aromatic heterocycles. The number of carbonyl (C=O) groups excluding carboxylic acids is 3. The fraction of sp³-hybridized carbons (Fsp3) is 0.348. The van der Waals surface area contributed by atoms with E-state index in [0.717, 1.165) is 18.4 Å². The number of piperidine rings is 1. The van der Waals surface area contributed by atoms with E-state index >= 15 is 0 Å². The fourth-order valence-electron chi connectivity index (χ4n) is 4.09. The lowest BCUT2D eigenvalue weighted by atomic mass is 10.0. The smallest absolute Gasteiger partial charge is 0.261 e. The molecule has 1 N–H and O–H groups in total. The first-order valence-corrected chi connectivity index (χ1v) is 10.1. The van der Waals surface area contributed by atoms with Gasteiger partial charge in [-0.05, 0) is 50.1 Å². The van der Waals surface area contributed by atoms with Gasteiger partial charge >= 0.3 is 0 Å². The summed E-state index contributed by atoms with van der Waals surface area (Å²) in [6.45, 7) is 1.70. The predicted molar refractivity (Wildman–Crippen MR) is 110 cm³/mol. The van der Waals surface area contributed by atoms with Crippen LogP contribution in [0.25, 0.3) is 0 Å². The highest BCUT2D eigenvalue weighted by Crippen LogP contribution is 2.25. The number of nitrogens with zero attached hydrogens (tertiary/aromatic N) is 2. The zero-order valence-electron chi connectivity index (χ0n) is 16.6. The molecular weight excluding hydrogens is 366 g/mol. The van der Waals surface area contributed by atoms with Crippen LogP contribution in [0.15, 0.2) is 48.5 Å². The van der Waals surface area contributed by atoms with Crippen LogP contribution >= 0.6 is 0 Å². The van der Waals surface area contributed by atoms with Gasteiger partial charge in [0.25, 0.3) is 17.7 Å². The van der Waals surface area contributed by atoms with Gasteiger partial charge < -0.3 is 10.2 Å². The maximum atomic E-state index is 12.9. The largest absolute Gasteiger partial charge is 0.337 e. The summed E-state index contributed by atoms with van der Waals surface area (Å²) < 4.78 is 0. The molecular formula is C23H25N3O3. The standard InChI is InChI=1S/C23H25N3O3/c1-24-18-8-5-12-25(15-18)21(27)17-9-10-19-20(14-17)23(29)26(22(19)28)13-11-16-6-3-2-4-7-16/h2-4,6-7,9-10,14,18,24H,5,8,11-13,15H2,1H3. The summed E-state index contributed by atoms with van der Waals surface area (Å²) >= 11 is 0. The molecule has 0 aliphatic carbocycles. The first-order chi connectivity index (χ1) is 14.1. The number of amides is 3. The van der Waals surface area contributed by atoms with Gasteiger partial charge in [0.2, 0.25) is 0 Å². The maximum absolute atomic E-state index is 12.9. The molecule has 3 amide bonds. The van der Waals surface area contributed by atoms with Gasteiger partial charge in [-0.15, -0.1) is 0 Å². The van der Waals surface area contributed by atoms with E-state index in [-0.39, 0.29) is 17.7 Å². The SMILES string of the molecule is CNC1CCCN(C(=O)c2ccc3c(c2)C(=O)N(CCc2ccccc2)C3=O)C1. The molecule has 150 valence electrons. The molecule has 0 spiro atoms. The Hall–Kier alpha value is -2.99. The zero-order valence-corrected chi connectivity index (χ0v) is 16.6. The molecule has 2 aliphatic heterocycles. The van der Waals surface area contributed by atoms with Crippen LogP contribution in [-0.2, 0) is 6.42 Å². The molecule has 2 aliphatic rings. The molecule has 4 rings (SSSR count). The number of fused-ring (bicyclic) bond motifs is 1. The Morgan fingerprint density at radius 3 is 2.59 bits per heavy atom. The number of benzene rings is 2. The number of likely N-dealkylation sites (N-methyl/N-ethyl adjacent to an activating group) is 1. The minimum atomic E-state index is -0.317. The Morgan fingerprint density at radius 1 is 1.07 bits per heavy atom. The molecule has 0 saturated carbocycles. The van der Waals surface area contributed by atoms with Gasteiger partial charge in [-0.25, -0.2) is 0 Å². The second-order valence-corrected chi connectivity index (χ2v) is 7.64. The summed E-state index contributed by atoms with van der Waals surface area (Å²) in [7, 11) is 1.91. The minimum Gasteiger partial charge on any atom is -0.337 e.